The van der Waals surface area contributed by atoms with Crippen molar-refractivity contribution in [2.45, 2.75) is 51.5 Å². The van der Waals surface area contributed by atoms with Crippen LogP contribution in [0.1, 0.15) is 45.4 Å². The summed E-state index contributed by atoms with van der Waals surface area (Å²) in [5, 5.41) is 11.7. The number of hydrogen-bond acceptors (Lipinski definition) is 2. The molecule has 0 aromatic carbocycles. The van der Waals surface area contributed by atoms with Crippen LogP contribution in [0.5, 0.6) is 0 Å². The Morgan fingerprint density at radius 2 is 1.92 bits per heavy atom. The molecule has 0 amide bonds. The Bertz CT molecular complexity index is 163. The van der Waals surface area contributed by atoms with Crippen LogP contribution in [0, 0.1) is 17.2 Å². The van der Waals surface area contributed by atoms with Crippen LogP contribution in [-0.2, 0) is 0 Å². The summed E-state index contributed by atoms with van der Waals surface area (Å²) in [6, 6.07) is 2.67. The van der Waals surface area contributed by atoms with Crippen molar-refractivity contribution in [1.29, 1.82) is 5.26 Å². The van der Waals surface area contributed by atoms with Crippen molar-refractivity contribution in [1.82, 2.24) is 5.32 Å². The van der Waals surface area contributed by atoms with Crippen molar-refractivity contribution in [3.63, 3.8) is 0 Å². The van der Waals surface area contributed by atoms with Gasteiger partial charge < -0.3 is 5.32 Å². The molecule has 2 heteroatoms. The summed E-state index contributed by atoms with van der Waals surface area (Å²) < 4.78 is 0. The molecule has 1 aliphatic carbocycles. The zero-order valence-corrected chi connectivity index (χ0v) is 8.55. The molecule has 0 aromatic rings. The number of rotatable bonds is 3. The summed E-state index contributed by atoms with van der Waals surface area (Å²) in [6.07, 6.45) is 8.26. The van der Waals surface area contributed by atoms with Crippen LogP contribution >= 0.6 is 0 Å². The molecule has 0 saturated heterocycles. The zero-order valence-electron chi connectivity index (χ0n) is 8.55. The van der Waals surface area contributed by atoms with E-state index in [1.165, 1.54) is 38.5 Å². The molecule has 0 heterocycles. The highest BCUT2D eigenvalue weighted by molar-refractivity contribution is 4.80. The van der Waals surface area contributed by atoms with E-state index < -0.39 is 0 Å². The monoisotopic (exact) mass is 180 g/mol. The third-order valence-electron chi connectivity index (χ3n) is 3.11. The Kier molecular flexibility index (Phi) is 4.85. The van der Waals surface area contributed by atoms with Crippen molar-refractivity contribution in [3.05, 3.63) is 0 Å². The molecule has 74 valence electrons. The third kappa shape index (κ3) is 3.78. The second kappa shape index (κ2) is 5.99. The fraction of sp³-hybridized carbons (Fsp3) is 0.909. The predicted molar refractivity (Wildman–Crippen MR) is 54.3 cm³/mol. The average molecular weight is 180 g/mol. The van der Waals surface area contributed by atoms with Crippen LogP contribution in [-0.4, -0.2) is 12.6 Å². The quantitative estimate of drug-likeness (QED) is 0.535. The van der Waals surface area contributed by atoms with Gasteiger partial charge in [0.1, 0.15) is 0 Å². The third-order valence-corrected chi connectivity index (χ3v) is 3.11. The highest BCUT2D eigenvalue weighted by Gasteiger charge is 2.17. The number of nitrogens with one attached hydrogen (secondary N) is 1. The SMILES string of the molecule is C[C@H](NCC#N)C1CCCCCC1. The molecule has 1 aliphatic rings. The molecule has 13 heavy (non-hydrogen) atoms. The van der Waals surface area contributed by atoms with Gasteiger partial charge >= 0.3 is 0 Å². The minimum atomic E-state index is 0.498. The second-order valence-corrected chi connectivity index (χ2v) is 4.08. The van der Waals surface area contributed by atoms with Crippen molar-refractivity contribution in [2.75, 3.05) is 6.54 Å². The van der Waals surface area contributed by atoms with E-state index in [1.54, 1.807) is 0 Å². The summed E-state index contributed by atoms with van der Waals surface area (Å²) in [6.45, 7) is 2.71. The lowest BCUT2D eigenvalue weighted by molar-refractivity contribution is 0.348. The maximum Gasteiger partial charge on any atom is 0.0843 e. The van der Waals surface area contributed by atoms with E-state index in [0.29, 0.717) is 12.6 Å². The molecule has 0 bridgehead atoms. The van der Waals surface area contributed by atoms with Crippen LogP contribution in [0.15, 0.2) is 0 Å². The lowest BCUT2D eigenvalue weighted by atomic mass is 9.93. The molecular weight excluding hydrogens is 160 g/mol. The van der Waals surface area contributed by atoms with Crippen LogP contribution in [0.25, 0.3) is 0 Å². The van der Waals surface area contributed by atoms with Gasteiger partial charge in [0.05, 0.1) is 12.6 Å². The van der Waals surface area contributed by atoms with Gasteiger partial charge in [-0.25, -0.2) is 0 Å². The molecule has 0 aromatic heterocycles. The normalized spacial score (nSPS) is 21.8. The van der Waals surface area contributed by atoms with E-state index in [2.05, 4.69) is 18.3 Å². The molecule has 1 atom stereocenters. The average Bonchev–Trinajstić information content (AvgIpc) is 2.42. The lowest BCUT2D eigenvalue weighted by Crippen LogP contribution is -2.33. The summed E-state index contributed by atoms with van der Waals surface area (Å²) in [5.41, 5.74) is 0. The van der Waals surface area contributed by atoms with Crippen molar-refractivity contribution in [3.8, 4) is 6.07 Å². The van der Waals surface area contributed by atoms with Crippen molar-refractivity contribution in [2.24, 2.45) is 5.92 Å². The first-order valence-corrected chi connectivity index (χ1v) is 5.45. The van der Waals surface area contributed by atoms with Gasteiger partial charge in [0.2, 0.25) is 0 Å². The number of nitriles is 1. The largest absolute Gasteiger partial charge is 0.302 e. The molecule has 2 nitrogen and oxygen atoms in total. The Morgan fingerprint density at radius 3 is 2.46 bits per heavy atom. The van der Waals surface area contributed by atoms with Gasteiger partial charge in [-0.1, -0.05) is 25.7 Å². The highest BCUT2D eigenvalue weighted by Crippen LogP contribution is 2.25. The molecule has 1 rings (SSSR count). The lowest BCUT2D eigenvalue weighted by Gasteiger charge is -2.22. The van der Waals surface area contributed by atoms with Gasteiger partial charge in [0.15, 0.2) is 0 Å². The second-order valence-electron chi connectivity index (χ2n) is 4.08. The Hall–Kier alpha value is -0.550. The van der Waals surface area contributed by atoms with E-state index in [0.717, 1.165) is 5.92 Å². The van der Waals surface area contributed by atoms with E-state index in [-0.39, 0.29) is 0 Å². The smallest absolute Gasteiger partial charge is 0.0843 e. The fourth-order valence-corrected chi connectivity index (χ4v) is 2.18. The Balaban J connectivity index is 2.27. The van der Waals surface area contributed by atoms with Gasteiger partial charge in [-0.15, -0.1) is 0 Å². The molecular formula is C11H20N2. The number of hydrogen-bond donors (Lipinski definition) is 1. The summed E-state index contributed by atoms with van der Waals surface area (Å²) in [4.78, 5) is 0. The zero-order chi connectivity index (χ0) is 9.52. The highest BCUT2D eigenvalue weighted by atomic mass is 14.9. The van der Waals surface area contributed by atoms with E-state index in [4.69, 9.17) is 5.26 Å². The molecule has 0 spiro atoms. The molecule has 0 radical (unpaired) electrons. The first kappa shape index (κ1) is 10.5. The van der Waals surface area contributed by atoms with Crippen LogP contribution in [0.3, 0.4) is 0 Å². The first-order chi connectivity index (χ1) is 6.34. The minimum Gasteiger partial charge on any atom is -0.302 e. The van der Waals surface area contributed by atoms with Crippen molar-refractivity contribution >= 4 is 0 Å². The summed E-state index contributed by atoms with van der Waals surface area (Å²) in [7, 11) is 0. The van der Waals surface area contributed by atoms with Crippen LogP contribution in [0.4, 0.5) is 0 Å². The van der Waals surface area contributed by atoms with Gasteiger partial charge in [-0.05, 0) is 25.7 Å². The fourth-order valence-electron chi connectivity index (χ4n) is 2.18. The minimum absolute atomic E-state index is 0.498. The molecule has 1 saturated carbocycles. The van der Waals surface area contributed by atoms with Gasteiger partial charge in [0, 0.05) is 6.04 Å². The number of nitrogens with zero attached hydrogens (tertiary/aromatic N) is 1. The van der Waals surface area contributed by atoms with Gasteiger partial charge in [0.25, 0.3) is 0 Å². The predicted octanol–water partition coefficient (Wildman–Crippen LogP) is 2.46. The van der Waals surface area contributed by atoms with Gasteiger partial charge in [-0.3, -0.25) is 0 Å². The standard InChI is InChI=1S/C11H20N2/c1-10(13-9-8-12)11-6-4-2-3-5-7-11/h10-11,13H,2-7,9H2,1H3/t10-/m0/s1. The molecule has 0 aliphatic heterocycles. The summed E-state index contributed by atoms with van der Waals surface area (Å²) in [5.74, 6) is 0.802. The molecule has 1 N–H and O–H groups in total. The van der Waals surface area contributed by atoms with Crippen molar-refractivity contribution < 1.29 is 0 Å². The maximum absolute atomic E-state index is 8.46. The van der Waals surface area contributed by atoms with E-state index in [1.807, 2.05) is 0 Å². The van der Waals surface area contributed by atoms with E-state index in [9.17, 15) is 0 Å². The van der Waals surface area contributed by atoms with E-state index >= 15 is 0 Å². The summed E-state index contributed by atoms with van der Waals surface area (Å²) >= 11 is 0. The van der Waals surface area contributed by atoms with Crippen LogP contribution < -0.4 is 5.32 Å². The van der Waals surface area contributed by atoms with Gasteiger partial charge in [-0.2, -0.15) is 5.26 Å². The Morgan fingerprint density at radius 1 is 1.31 bits per heavy atom. The Labute approximate surface area is 81.3 Å². The molecule has 1 fully saturated rings. The molecule has 0 unspecified atom stereocenters. The maximum atomic E-state index is 8.46. The topological polar surface area (TPSA) is 35.8 Å². The van der Waals surface area contributed by atoms with Crippen LogP contribution in [0.2, 0.25) is 0 Å². The first-order valence-electron chi connectivity index (χ1n) is 5.45.